The number of benzene rings is 1. The van der Waals surface area contributed by atoms with Crippen LogP contribution in [0.4, 0.5) is 0 Å². The second-order valence-corrected chi connectivity index (χ2v) is 7.50. The van der Waals surface area contributed by atoms with E-state index in [0.717, 1.165) is 19.3 Å². The zero-order valence-corrected chi connectivity index (χ0v) is 15.0. The molecule has 0 unspecified atom stereocenters. The van der Waals surface area contributed by atoms with Crippen LogP contribution in [-0.2, 0) is 6.42 Å². The third kappa shape index (κ3) is 2.76. The Morgan fingerprint density at radius 1 is 1.32 bits per heavy atom. The smallest absolute Gasteiger partial charge is 0.262 e. The number of fused-ring (bicyclic) bond motifs is 2. The minimum atomic E-state index is -0.182. The monoisotopic (exact) mass is 353 g/mol. The maximum Gasteiger partial charge on any atom is 0.262 e. The standard InChI is InChI=1S/C19H19N3O2S/c1-10-15-17(23)20-11(2)21-19(15)25-16(10)18(24)22-14-9-5-7-12-6-3-4-8-13(12)14/h3-4,6,8,14H,5,7,9H2,1-2H3,(H,22,24)(H,20,21,23)/t14-/m1/s1. The van der Waals surface area contributed by atoms with Gasteiger partial charge < -0.3 is 10.3 Å². The van der Waals surface area contributed by atoms with E-state index in [1.807, 2.05) is 19.1 Å². The van der Waals surface area contributed by atoms with Gasteiger partial charge in [0, 0.05) is 0 Å². The predicted octanol–water partition coefficient (Wildman–Crippen LogP) is 3.41. The average Bonchev–Trinajstić information content (AvgIpc) is 2.92. The van der Waals surface area contributed by atoms with Gasteiger partial charge in [0.25, 0.3) is 11.5 Å². The molecule has 0 saturated carbocycles. The van der Waals surface area contributed by atoms with E-state index in [4.69, 9.17) is 0 Å². The summed E-state index contributed by atoms with van der Waals surface area (Å²) in [6.45, 7) is 3.56. The number of nitrogens with zero attached hydrogens (tertiary/aromatic N) is 1. The minimum absolute atomic E-state index is 0.0232. The molecular weight excluding hydrogens is 334 g/mol. The molecule has 3 aromatic rings. The summed E-state index contributed by atoms with van der Waals surface area (Å²) in [5.74, 6) is 0.436. The van der Waals surface area contributed by atoms with Crippen LogP contribution in [0.15, 0.2) is 29.1 Å². The lowest BCUT2D eigenvalue weighted by Crippen LogP contribution is -2.30. The molecule has 6 heteroatoms. The normalized spacial score (nSPS) is 16.6. The van der Waals surface area contributed by atoms with Crippen molar-refractivity contribution in [3.8, 4) is 0 Å². The number of rotatable bonds is 2. The fourth-order valence-electron chi connectivity index (χ4n) is 3.60. The lowest BCUT2D eigenvalue weighted by atomic mass is 9.87. The van der Waals surface area contributed by atoms with Crippen molar-refractivity contribution in [3.05, 3.63) is 62.0 Å². The van der Waals surface area contributed by atoms with Gasteiger partial charge in [-0.15, -0.1) is 11.3 Å². The van der Waals surface area contributed by atoms with E-state index in [2.05, 4.69) is 27.4 Å². The highest BCUT2D eigenvalue weighted by Crippen LogP contribution is 2.31. The highest BCUT2D eigenvalue weighted by molar-refractivity contribution is 7.20. The third-order valence-corrected chi connectivity index (χ3v) is 5.98. The van der Waals surface area contributed by atoms with Gasteiger partial charge in [0.05, 0.1) is 16.3 Å². The number of hydrogen-bond donors (Lipinski definition) is 2. The SMILES string of the molecule is Cc1nc2sc(C(=O)N[C@@H]3CCCc4ccccc43)c(C)c2c(=O)[nH]1. The van der Waals surface area contributed by atoms with Gasteiger partial charge in [-0.25, -0.2) is 4.98 Å². The number of carbonyl (C=O) groups excluding carboxylic acids is 1. The Morgan fingerprint density at radius 2 is 2.12 bits per heavy atom. The Labute approximate surface area is 149 Å². The highest BCUT2D eigenvalue weighted by Gasteiger charge is 2.25. The number of thiophene rings is 1. The number of aromatic amines is 1. The Balaban J connectivity index is 1.69. The largest absolute Gasteiger partial charge is 0.345 e. The van der Waals surface area contributed by atoms with E-state index in [1.165, 1.54) is 22.5 Å². The number of nitrogens with one attached hydrogen (secondary N) is 2. The van der Waals surface area contributed by atoms with E-state index in [1.54, 1.807) is 6.92 Å². The van der Waals surface area contributed by atoms with Gasteiger partial charge in [0.1, 0.15) is 10.7 Å². The maximum absolute atomic E-state index is 12.9. The first-order chi connectivity index (χ1) is 12.0. The summed E-state index contributed by atoms with van der Waals surface area (Å²) in [5.41, 5.74) is 3.03. The Bertz CT molecular complexity index is 1030. The van der Waals surface area contributed by atoms with Crippen molar-refractivity contribution in [2.75, 3.05) is 0 Å². The fraction of sp³-hybridized carbons (Fsp3) is 0.316. The molecule has 0 spiro atoms. The number of aromatic nitrogens is 2. The lowest BCUT2D eigenvalue weighted by molar-refractivity contribution is 0.0936. The molecule has 128 valence electrons. The summed E-state index contributed by atoms with van der Waals surface area (Å²) in [6, 6.07) is 8.30. The first kappa shape index (κ1) is 16.0. The summed E-state index contributed by atoms with van der Waals surface area (Å²) in [5, 5.41) is 3.68. The van der Waals surface area contributed by atoms with E-state index in [9.17, 15) is 9.59 Å². The molecule has 2 heterocycles. The van der Waals surface area contributed by atoms with Gasteiger partial charge in [-0.2, -0.15) is 0 Å². The first-order valence-corrected chi connectivity index (χ1v) is 9.25. The van der Waals surface area contributed by atoms with Crippen molar-refractivity contribution >= 4 is 27.5 Å². The topological polar surface area (TPSA) is 74.8 Å². The third-order valence-electron chi connectivity index (χ3n) is 4.80. The highest BCUT2D eigenvalue weighted by atomic mass is 32.1. The molecule has 1 amide bonds. The molecule has 0 saturated heterocycles. The van der Waals surface area contributed by atoms with Crippen molar-refractivity contribution < 1.29 is 4.79 Å². The fourth-order valence-corrected chi connectivity index (χ4v) is 4.73. The van der Waals surface area contributed by atoms with Crippen LogP contribution in [0, 0.1) is 13.8 Å². The first-order valence-electron chi connectivity index (χ1n) is 8.43. The molecule has 4 rings (SSSR count). The van der Waals surface area contributed by atoms with Gasteiger partial charge >= 0.3 is 0 Å². The summed E-state index contributed by atoms with van der Waals surface area (Å²) in [4.78, 5) is 33.3. The Hall–Kier alpha value is -2.47. The van der Waals surface area contributed by atoms with Gasteiger partial charge in [-0.1, -0.05) is 24.3 Å². The maximum atomic E-state index is 12.9. The molecule has 1 atom stereocenters. The van der Waals surface area contributed by atoms with Crippen molar-refractivity contribution in [3.63, 3.8) is 0 Å². The van der Waals surface area contributed by atoms with E-state index in [0.29, 0.717) is 26.5 Å². The molecule has 25 heavy (non-hydrogen) atoms. The molecule has 5 nitrogen and oxygen atoms in total. The summed E-state index contributed by atoms with van der Waals surface area (Å²) >= 11 is 1.29. The average molecular weight is 353 g/mol. The van der Waals surface area contributed by atoms with Crippen LogP contribution < -0.4 is 10.9 Å². The number of aryl methyl sites for hydroxylation is 3. The number of carbonyl (C=O) groups is 1. The van der Waals surface area contributed by atoms with Crippen molar-refractivity contribution in [2.45, 2.75) is 39.2 Å². The predicted molar refractivity (Wildman–Crippen MR) is 99.3 cm³/mol. The molecular formula is C19H19N3O2S. The Morgan fingerprint density at radius 3 is 2.96 bits per heavy atom. The lowest BCUT2D eigenvalue weighted by Gasteiger charge is -2.26. The molecule has 1 aliphatic carbocycles. The van der Waals surface area contributed by atoms with Gasteiger partial charge in [-0.05, 0) is 49.8 Å². The quantitative estimate of drug-likeness (QED) is 0.741. The van der Waals surface area contributed by atoms with E-state index < -0.39 is 0 Å². The molecule has 1 aromatic carbocycles. The van der Waals surface area contributed by atoms with Crippen LogP contribution in [0.1, 0.15) is 51.1 Å². The van der Waals surface area contributed by atoms with Crippen LogP contribution >= 0.6 is 11.3 Å². The zero-order chi connectivity index (χ0) is 17.6. The number of H-pyrrole nitrogens is 1. The second-order valence-electron chi connectivity index (χ2n) is 6.50. The molecule has 2 N–H and O–H groups in total. The van der Waals surface area contributed by atoms with Crippen LogP contribution in [0.3, 0.4) is 0 Å². The van der Waals surface area contributed by atoms with Crippen LogP contribution in [0.5, 0.6) is 0 Å². The summed E-state index contributed by atoms with van der Waals surface area (Å²) < 4.78 is 0. The number of amides is 1. The van der Waals surface area contributed by atoms with Crippen molar-refractivity contribution in [1.82, 2.24) is 15.3 Å². The molecule has 0 radical (unpaired) electrons. The Kier molecular flexibility index (Phi) is 3.92. The van der Waals surface area contributed by atoms with Crippen molar-refractivity contribution in [1.29, 1.82) is 0 Å². The summed E-state index contributed by atoms with van der Waals surface area (Å²) in [6.07, 6.45) is 3.06. The van der Waals surface area contributed by atoms with Gasteiger partial charge in [0.2, 0.25) is 0 Å². The van der Waals surface area contributed by atoms with Gasteiger partial charge in [0.15, 0.2) is 0 Å². The van der Waals surface area contributed by atoms with Crippen molar-refractivity contribution in [2.24, 2.45) is 0 Å². The van der Waals surface area contributed by atoms with E-state index >= 15 is 0 Å². The van der Waals surface area contributed by atoms with Crippen LogP contribution in [0.25, 0.3) is 10.2 Å². The van der Waals surface area contributed by atoms with Gasteiger partial charge in [-0.3, -0.25) is 9.59 Å². The van der Waals surface area contributed by atoms with E-state index in [-0.39, 0.29) is 17.5 Å². The van der Waals surface area contributed by atoms with Crippen LogP contribution in [-0.4, -0.2) is 15.9 Å². The molecule has 0 aliphatic heterocycles. The molecule has 1 aliphatic rings. The van der Waals surface area contributed by atoms with Crippen LogP contribution in [0.2, 0.25) is 0 Å². The zero-order valence-electron chi connectivity index (χ0n) is 14.2. The molecule has 2 aromatic heterocycles. The number of hydrogen-bond acceptors (Lipinski definition) is 4. The minimum Gasteiger partial charge on any atom is -0.345 e. The molecule has 0 fully saturated rings. The second kappa shape index (κ2) is 6.11. The summed E-state index contributed by atoms with van der Waals surface area (Å²) in [7, 11) is 0. The molecule has 0 bridgehead atoms.